The van der Waals surface area contributed by atoms with Crippen molar-refractivity contribution in [1.82, 2.24) is 0 Å². The normalized spacial score (nSPS) is 27.7. The molecule has 1 saturated carbocycles. The summed E-state index contributed by atoms with van der Waals surface area (Å²) in [5, 5.41) is 8.45. The first-order chi connectivity index (χ1) is 6.91. The number of alkyl halides is 3. The second kappa shape index (κ2) is 4.86. The molecule has 88 valence electrons. The first-order valence-corrected chi connectivity index (χ1v) is 5.19. The maximum atomic E-state index is 12.6. The van der Waals surface area contributed by atoms with Crippen molar-refractivity contribution in [2.45, 2.75) is 44.7 Å². The zero-order valence-electron chi connectivity index (χ0n) is 8.39. The second-order valence-corrected chi connectivity index (χ2v) is 4.13. The lowest BCUT2D eigenvalue weighted by Gasteiger charge is -2.32. The summed E-state index contributed by atoms with van der Waals surface area (Å²) >= 11 is 0. The van der Waals surface area contributed by atoms with Crippen molar-refractivity contribution in [2.75, 3.05) is 0 Å². The highest BCUT2D eigenvalue weighted by Crippen LogP contribution is 2.43. The first kappa shape index (κ1) is 12.3. The first-order valence-electron chi connectivity index (χ1n) is 5.19. The minimum atomic E-state index is -4.16. The van der Waals surface area contributed by atoms with E-state index in [1.165, 1.54) is 0 Å². The molecule has 0 radical (unpaired) electrons. The SMILES string of the molecule is O=C(O)CCC1CCCCC1C(F)(F)F. The van der Waals surface area contributed by atoms with Gasteiger partial charge in [0.2, 0.25) is 0 Å². The second-order valence-electron chi connectivity index (χ2n) is 4.13. The summed E-state index contributed by atoms with van der Waals surface area (Å²) in [6.45, 7) is 0. The van der Waals surface area contributed by atoms with Crippen molar-refractivity contribution in [2.24, 2.45) is 11.8 Å². The fourth-order valence-electron chi connectivity index (χ4n) is 2.29. The number of rotatable bonds is 3. The summed E-state index contributed by atoms with van der Waals surface area (Å²) in [7, 11) is 0. The fourth-order valence-corrected chi connectivity index (χ4v) is 2.29. The number of carboxylic acids is 1. The van der Waals surface area contributed by atoms with Crippen LogP contribution < -0.4 is 0 Å². The Morgan fingerprint density at radius 2 is 1.87 bits per heavy atom. The predicted octanol–water partition coefficient (Wildman–Crippen LogP) is 3.22. The molecular formula is C10H15F3O2. The van der Waals surface area contributed by atoms with E-state index in [0.717, 1.165) is 6.42 Å². The summed E-state index contributed by atoms with van der Waals surface area (Å²) in [5.74, 6) is -2.79. The molecule has 1 aliphatic carbocycles. The lowest BCUT2D eigenvalue weighted by Crippen LogP contribution is -2.33. The molecule has 0 heterocycles. The highest BCUT2D eigenvalue weighted by Gasteiger charge is 2.45. The van der Waals surface area contributed by atoms with Crippen LogP contribution >= 0.6 is 0 Å². The van der Waals surface area contributed by atoms with E-state index >= 15 is 0 Å². The molecule has 0 bridgehead atoms. The summed E-state index contributed by atoms with van der Waals surface area (Å²) in [6, 6.07) is 0. The zero-order chi connectivity index (χ0) is 11.5. The quantitative estimate of drug-likeness (QED) is 0.799. The molecule has 1 rings (SSSR count). The number of hydrogen-bond acceptors (Lipinski definition) is 1. The highest BCUT2D eigenvalue weighted by molar-refractivity contribution is 5.66. The smallest absolute Gasteiger partial charge is 0.392 e. The van der Waals surface area contributed by atoms with Gasteiger partial charge in [-0.05, 0) is 25.2 Å². The van der Waals surface area contributed by atoms with Crippen LogP contribution in [0.3, 0.4) is 0 Å². The van der Waals surface area contributed by atoms with Gasteiger partial charge < -0.3 is 5.11 Å². The molecular weight excluding hydrogens is 209 g/mol. The largest absolute Gasteiger partial charge is 0.481 e. The van der Waals surface area contributed by atoms with Crippen LogP contribution in [0.25, 0.3) is 0 Å². The van der Waals surface area contributed by atoms with E-state index in [1.54, 1.807) is 0 Å². The van der Waals surface area contributed by atoms with Crippen LogP contribution in [0.5, 0.6) is 0 Å². The Morgan fingerprint density at radius 1 is 1.27 bits per heavy atom. The Kier molecular flexibility index (Phi) is 3.99. The lowest BCUT2D eigenvalue weighted by atomic mass is 9.76. The van der Waals surface area contributed by atoms with E-state index in [4.69, 9.17) is 5.11 Å². The van der Waals surface area contributed by atoms with E-state index in [0.29, 0.717) is 12.8 Å². The van der Waals surface area contributed by atoms with Gasteiger partial charge in [0.1, 0.15) is 0 Å². The minimum Gasteiger partial charge on any atom is -0.481 e. The number of carbonyl (C=O) groups is 1. The van der Waals surface area contributed by atoms with Gasteiger partial charge in [-0.25, -0.2) is 0 Å². The highest BCUT2D eigenvalue weighted by atomic mass is 19.4. The van der Waals surface area contributed by atoms with Crippen molar-refractivity contribution in [3.63, 3.8) is 0 Å². The third kappa shape index (κ3) is 3.72. The molecule has 0 aromatic rings. The minimum absolute atomic E-state index is 0.152. The number of halogens is 3. The molecule has 1 aliphatic rings. The molecule has 1 fully saturated rings. The van der Waals surface area contributed by atoms with Crippen LogP contribution in [0.1, 0.15) is 38.5 Å². The van der Waals surface area contributed by atoms with Gasteiger partial charge in [0.25, 0.3) is 0 Å². The van der Waals surface area contributed by atoms with E-state index in [2.05, 4.69) is 0 Å². The molecule has 0 aromatic carbocycles. The van der Waals surface area contributed by atoms with Crippen LogP contribution in [0.2, 0.25) is 0 Å². The molecule has 1 N–H and O–H groups in total. The summed E-state index contributed by atoms with van der Waals surface area (Å²) < 4.78 is 37.7. The zero-order valence-corrected chi connectivity index (χ0v) is 8.39. The van der Waals surface area contributed by atoms with Crippen LogP contribution in [0.15, 0.2) is 0 Å². The van der Waals surface area contributed by atoms with E-state index in [9.17, 15) is 18.0 Å². The Bertz CT molecular complexity index is 225. The molecule has 0 aliphatic heterocycles. The summed E-state index contributed by atoms with van der Waals surface area (Å²) in [5.41, 5.74) is 0. The molecule has 5 heteroatoms. The Morgan fingerprint density at radius 3 is 2.40 bits per heavy atom. The van der Waals surface area contributed by atoms with Gasteiger partial charge in [-0.1, -0.05) is 12.8 Å². The lowest BCUT2D eigenvalue weighted by molar-refractivity contribution is -0.197. The molecule has 0 spiro atoms. The fraction of sp³-hybridized carbons (Fsp3) is 0.900. The van der Waals surface area contributed by atoms with Gasteiger partial charge in [0.15, 0.2) is 0 Å². The van der Waals surface area contributed by atoms with Crippen molar-refractivity contribution in [1.29, 1.82) is 0 Å². The van der Waals surface area contributed by atoms with E-state index in [1.807, 2.05) is 0 Å². The van der Waals surface area contributed by atoms with Crippen LogP contribution in [-0.2, 0) is 4.79 Å². The Balaban J connectivity index is 2.54. The van der Waals surface area contributed by atoms with Crippen molar-refractivity contribution >= 4 is 5.97 Å². The van der Waals surface area contributed by atoms with Gasteiger partial charge in [0.05, 0.1) is 5.92 Å². The van der Waals surface area contributed by atoms with E-state index < -0.39 is 24.0 Å². The van der Waals surface area contributed by atoms with Gasteiger partial charge in [-0.3, -0.25) is 4.79 Å². The van der Waals surface area contributed by atoms with Gasteiger partial charge in [-0.2, -0.15) is 13.2 Å². The Labute approximate surface area is 86.5 Å². The van der Waals surface area contributed by atoms with Crippen LogP contribution in [-0.4, -0.2) is 17.3 Å². The summed E-state index contributed by atoms with van der Waals surface area (Å²) in [4.78, 5) is 10.3. The van der Waals surface area contributed by atoms with Gasteiger partial charge in [0, 0.05) is 6.42 Å². The molecule has 2 unspecified atom stereocenters. The Hall–Kier alpha value is -0.740. The van der Waals surface area contributed by atoms with E-state index in [-0.39, 0.29) is 19.3 Å². The molecule has 0 aromatic heterocycles. The molecule has 0 saturated heterocycles. The third-order valence-corrected chi connectivity index (χ3v) is 3.06. The van der Waals surface area contributed by atoms with Gasteiger partial charge in [-0.15, -0.1) is 0 Å². The average molecular weight is 224 g/mol. The molecule has 15 heavy (non-hydrogen) atoms. The van der Waals surface area contributed by atoms with Crippen molar-refractivity contribution in [3.8, 4) is 0 Å². The molecule has 0 amide bonds. The molecule has 2 nitrogen and oxygen atoms in total. The predicted molar refractivity (Wildman–Crippen MR) is 48.4 cm³/mol. The van der Waals surface area contributed by atoms with Crippen LogP contribution in [0, 0.1) is 11.8 Å². The third-order valence-electron chi connectivity index (χ3n) is 3.06. The topological polar surface area (TPSA) is 37.3 Å². The monoisotopic (exact) mass is 224 g/mol. The van der Waals surface area contributed by atoms with Crippen LogP contribution in [0.4, 0.5) is 13.2 Å². The average Bonchev–Trinajstić information content (AvgIpc) is 2.13. The standard InChI is InChI=1S/C10H15F3O2/c11-10(12,13)8-4-2-1-3-7(8)5-6-9(14)15/h7-8H,1-6H2,(H,14,15). The van der Waals surface area contributed by atoms with Crippen molar-refractivity contribution in [3.05, 3.63) is 0 Å². The number of carboxylic acid groups (broad SMARTS) is 1. The summed E-state index contributed by atoms with van der Waals surface area (Å²) in [6.07, 6.45) is -2.10. The maximum absolute atomic E-state index is 12.6. The number of aliphatic carboxylic acids is 1. The maximum Gasteiger partial charge on any atom is 0.392 e. The number of hydrogen-bond donors (Lipinski definition) is 1. The van der Waals surface area contributed by atoms with Crippen molar-refractivity contribution < 1.29 is 23.1 Å². The van der Waals surface area contributed by atoms with Gasteiger partial charge >= 0.3 is 12.1 Å². The molecule has 2 atom stereocenters.